The average molecular weight is 274 g/mol. The fourth-order valence-corrected chi connectivity index (χ4v) is 4.18. The third kappa shape index (κ3) is 3.14. The predicted octanol–water partition coefficient (Wildman–Crippen LogP) is 1.22. The lowest BCUT2D eigenvalue weighted by molar-refractivity contribution is 0.236. The molecule has 0 saturated carbocycles. The van der Waals surface area contributed by atoms with Crippen molar-refractivity contribution in [2.45, 2.75) is 24.3 Å². The number of aryl methyl sites for hydroxylation is 1. The van der Waals surface area contributed by atoms with Gasteiger partial charge in [0.25, 0.3) is 10.1 Å². The van der Waals surface area contributed by atoms with Gasteiger partial charge in [-0.1, -0.05) is 17.7 Å². The molecule has 1 aliphatic rings. The van der Waals surface area contributed by atoms with Gasteiger partial charge in [-0.05, 0) is 25.5 Å². The molecule has 6 heteroatoms. The predicted molar refractivity (Wildman–Crippen MR) is 65.7 cm³/mol. The van der Waals surface area contributed by atoms with Crippen molar-refractivity contribution >= 4 is 20.9 Å². The minimum atomic E-state index is -3.72. The molecule has 0 aliphatic carbocycles. The molecular weight excluding hydrogens is 260 g/mol. The molecule has 1 aromatic rings. The summed E-state index contributed by atoms with van der Waals surface area (Å²) >= 11 is 0. The van der Waals surface area contributed by atoms with Crippen LogP contribution in [-0.2, 0) is 25.1 Å². The fourth-order valence-electron chi connectivity index (χ4n) is 1.65. The normalized spacial score (nSPS) is 25.0. The number of hydrogen-bond acceptors (Lipinski definition) is 4. The van der Waals surface area contributed by atoms with Gasteiger partial charge in [0.15, 0.2) is 0 Å². The Balaban J connectivity index is 2.14. The van der Waals surface area contributed by atoms with E-state index in [0.717, 1.165) is 5.56 Å². The summed E-state index contributed by atoms with van der Waals surface area (Å²) in [6.45, 7) is 1.89. The SMILES string of the molecule is Cc1ccc(S(=O)(=O)O[C@@H]2CCS(=O)C2)cc1. The van der Waals surface area contributed by atoms with Crippen LogP contribution in [0.5, 0.6) is 0 Å². The summed E-state index contributed by atoms with van der Waals surface area (Å²) < 4.78 is 40.0. The monoisotopic (exact) mass is 274 g/mol. The largest absolute Gasteiger partial charge is 0.297 e. The van der Waals surface area contributed by atoms with Gasteiger partial charge in [0.1, 0.15) is 0 Å². The molecule has 1 unspecified atom stereocenters. The quantitative estimate of drug-likeness (QED) is 0.778. The first-order valence-electron chi connectivity index (χ1n) is 5.32. The Labute approximate surface area is 104 Å². The van der Waals surface area contributed by atoms with Crippen molar-refractivity contribution in [1.29, 1.82) is 0 Å². The van der Waals surface area contributed by atoms with Crippen LogP contribution in [0.25, 0.3) is 0 Å². The van der Waals surface area contributed by atoms with E-state index in [2.05, 4.69) is 0 Å². The minimum absolute atomic E-state index is 0.154. The maximum atomic E-state index is 11.9. The Hall–Kier alpha value is -0.720. The van der Waals surface area contributed by atoms with Gasteiger partial charge < -0.3 is 0 Å². The van der Waals surface area contributed by atoms with Gasteiger partial charge in [-0.2, -0.15) is 8.42 Å². The van der Waals surface area contributed by atoms with E-state index in [1.165, 1.54) is 12.1 Å². The summed E-state index contributed by atoms with van der Waals surface area (Å²) in [6, 6.07) is 6.50. The Morgan fingerprint density at radius 1 is 1.29 bits per heavy atom. The van der Waals surface area contributed by atoms with Gasteiger partial charge in [-0.3, -0.25) is 8.39 Å². The van der Waals surface area contributed by atoms with Crippen LogP contribution in [0.4, 0.5) is 0 Å². The molecule has 0 radical (unpaired) electrons. The Morgan fingerprint density at radius 3 is 2.47 bits per heavy atom. The molecule has 2 rings (SSSR count). The minimum Gasteiger partial charge on any atom is -0.262 e. The van der Waals surface area contributed by atoms with Crippen LogP contribution in [0.2, 0.25) is 0 Å². The molecule has 0 amide bonds. The highest BCUT2D eigenvalue weighted by molar-refractivity contribution is 7.87. The molecule has 1 aliphatic heterocycles. The first-order valence-corrected chi connectivity index (χ1v) is 8.22. The zero-order valence-corrected chi connectivity index (χ0v) is 11.1. The van der Waals surface area contributed by atoms with Crippen LogP contribution < -0.4 is 0 Å². The van der Waals surface area contributed by atoms with E-state index in [0.29, 0.717) is 17.9 Å². The lowest BCUT2D eigenvalue weighted by atomic mass is 10.2. The van der Waals surface area contributed by atoms with Gasteiger partial charge in [0.05, 0.1) is 16.8 Å². The van der Waals surface area contributed by atoms with Gasteiger partial charge in [0, 0.05) is 16.6 Å². The molecule has 0 aromatic heterocycles. The molecule has 4 nitrogen and oxygen atoms in total. The highest BCUT2D eigenvalue weighted by Crippen LogP contribution is 2.19. The maximum Gasteiger partial charge on any atom is 0.297 e. The second kappa shape index (κ2) is 4.88. The molecule has 1 saturated heterocycles. The second-order valence-corrected chi connectivity index (χ2v) is 7.28. The van der Waals surface area contributed by atoms with E-state index in [1.54, 1.807) is 12.1 Å². The highest BCUT2D eigenvalue weighted by atomic mass is 32.2. The van der Waals surface area contributed by atoms with Gasteiger partial charge >= 0.3 is 0 Å². The molecule has 0 bridgehead atoms. The molecule has 94 valence electrons. The summed E-state index contributed by atoms with van der Waals surface area (Å²) in [4.78, 5) is 0.154. The molecular formula is C11H14O4S2. The second-order valence-electron chi connectivity index (χ2n) is 4.08. The third-order valence-corrected chi connectivity index (χ3v) is 5.42. The lowest BCUT2D eigenvalue weighted by Gasteiger charge is -2.10. The summed E-state index contributed by atoms with van der Waals surface area (Å²) in [5.74, 6) is 0.833. The van der Waals surface area contributed by atoms with Crippen LogP contribution >= 0.6 is 0 Å². The zero-order chi connectivity index (χ0) is 12.5. The van der Waals surface area contributed by atoms with E-state index >= 15 is 0 Å². The van der Waals surface area contributed by atoms with Crippen LogP contribution in [0, 0.1) is 6.92 Å². The van der Waals surface area contributed by atoms with Gasteiger partial charge in [-0.25, -0.2) is 0 Å². The maximum absolute atomic E-state index is 11.9. The average Bonchev–Trinajstić information content (AvgIpc) is 2.63. The topological polar surface area (TPSA) is 60.4 Å². The first-order chi connectivity index (χ1) is 7.97. The fraction of sp³-hybridized carbons (Fsp3) is 0.455. The van der Waals surface area contributed by atoms with Crippen molar-refractivity contribution in [3.8, 4) is 0 Å². The van der Waals surface area contributed by atoms with Crippen LogP contribution in [0.15, 0.2) is 29.2 Å². The first kappa shape index (κ1) is 12.7. The molecule has 1 aromatic carbocycles. The zero-order valence-electron chi connectivity index (χ0n) is 9.46. The van der Waals surface area contributed by atoms with Gasteiger partial charge in [0.2, 0.25) is 0 Å². The van der Waals surface area contributed by atoms with Crippen molar-refractivity contribution < 1.29 is 16.8 Å². The Morgan fingerprint density at radius 2 is 1.94 bits per heavy atom. The lowest BCUT2D eigenvalue weighted by Crippen LogP contribution is -2.18. The molecule has 0 spiro atoms. The summed E-state index contributed by atoms with van der Waals surface area (Å²) in [7, 11) is -4.66. The van der Waals surface area contributed by atoms with E-state index in [1.807, 2.05) is 6.92 Å². The summed E-state index contributed by atoms with van der Waals surface area (Å²) in [5, 5.41) is 0. The molecule has 1 fully saturated rings. The van der Waals surface area contributed by atoms with Crippen LogP contribution in [0.3, 0.4) is 0 Å². The third-order valence-electron chi connectivity index (χ3n) is 2.61. The van der Waals surface area contributed by atoms with Crippen molar-refractivity contribution in [2.24, 2.45) is 0 Å². The number of hydrogen-bond donors (Lipinski definition) is 0. The Bertz CT molecular complexity index is 519. The Kier molecular flexibility index (Phi) is 3.65. The van der Waals surface area contributed by atoms with E-state index < -0.39 is 27.0 Å². The van der Waals surface area contributed by atoms with Crippen molar-refractivity contribution in [1.82, 2.24) is 0 Å². The smallest absolute Gasteiger partial charge is 0.262 e. The van der Waals surface area contributed by atoms with Crippen molar-refractivity contribution in [2.75, 3.05) is 11.5 Å². The van der Waals surface area contributed by atoms with E-state index in [9.17, 15) is 12.6 Å². The standard InChI is InChI=1S/C11H14O4S2/c1-9-2-4-11(5-3-9)17(13,14)15-10-6-7-16(12)8-10/h2-5,10H,6-8H2,1H3/t10-,16?/m1/s1. The number of benzene rings is 1. The molecule has 0 N–H and O–H groups in total. The van der Waals surface area contributed by atoms with Crippen molar-refractivity contribution in [3.63, 3.8) is 0 Å². The van der Waals surface area contributed by atoms with Crippen LogP contribution in [0.1, 0.15) is 12.0 Å². The number of rotatable bonds is 3. The van der Waals surface area contributed by atoms with Crippen molar-refractivity contribution in [3.05, 3.63) is 29.8 Å². The van der Waals surface area contributed by atoms with Crippen LogP contribution in [-0.4, -0.2) is 30.2 Å². The van der Waals surface area contributed by atoms with E-state index in [-0.39, 0.29) is 4.90 Å². The van der Waals surface area contributed by atoms with E-state index in [4.69, 9.17) is 4.18 Å². The molecule has 1 heterocycles. The summed E-state index contributed by atoms with van der Waals surface area (Å²) in [6.07, 6.45) is 0.0969. The highest BCUT2D eigenvalue weighted by Gasteiger charge is 2.28. The van der Waals surface area contributed by atoms with Gasteiger partial charge in [-0.15, -0.1) is 0 Å². The molecule has 2 atom stereocenters. The summed E-state index contributed by atoms with van der Waals surface area (Å²) in [5.41, 5.74) is 0.992. The molecule has 17 heavy (non-hydrogen) atoms.